The number of alkyl halides is 2. The SMILES string of the molecule is CC(C)NC(=O)Nc1ccc(CNC(=O)/C=C/c2ccccc2OC(F)F)cc1. The summed E-state index contributed by atoms with van der Waals surface area (Å²) in [5.41, 5.74) is 1.84. The summed E-state index contributed by atoms with van der Waals surface area (Å²) in [7, 11) is 0. The van der Waals surface area contributed by atoms with Crippen molar-refractivity contribution in [2.75, 3.05) is 5.32 Å². The zero-order valence-corrected chi connectivity index (χ0v) is 16.1. The van der Waals surface area contributed by atoms with E-state index in [1.54, 1.807) is 42.5 Å². The van der Waals surface area contributed by atoms with Crippen LogP contribution in [0.2, 0.25) is 0 Å². The highest BCUT2D eigenvalue weighted by Gasteiger charge is 2.07. The number of amides is 3. The number of ether oxygens (including phenoxy) is 1. The van der Waals surface area contributed by atoms with Crippen LogP contribution in [0.3, 0.4) is 0 Å². The van der Waals surface area contributed by atoms with Crippen LogP contribution in [0.4, 0.5) is 19.3 Å². The number of carbonyl (C=O) groups excluding carboxylic acids is 2. The lowest BCUT2D eigenvalue weighted by Crippen LogP contribution is -2.34. The average molecular weight is 403 g/mol. The van der Waals surface area contributed by atoms with Gasteiger partial charge in [-0.15, -0.1) is 0 Å². The number of hydrogen-bond donors (Lipinski definition) is 3. The Morgan fingerprint density at radius 2 is 1.76 bits per heavy atom. The second-order valence-electron chi connectivity index (χ2n) is 6.42. The molecule has 6 nitrogen and oxygen atoms in total. The van der Waals surface area contributed by atoms with Gasteiger partial charge in [-0.3, -0.25) is 4.79 Å². The zero-order valence-electron chi connectivity index (χ0n) is 16.1. The van der Waals surface area contributed by atoms with E-state index in [0.29, 0.717) is 11.3 Å². The van der Waals surface area contributed by atoms with Gasteiger partial charge in [-0.25, -0.2) is 4.79 Å². The molecule has 0 radical (unpaired) electrons. The van der Waals surface area contributed by atoms with E-state index >= 15 is 0 Å². The molecular formula is C21H23F2N3O3. The molecule has 0 heterocycles. The van der Waals surface area contributed by atoms with Crippen LogP contribution in [0.15, 0.2) is 54.6 Å². The van der Waals surface area contributed by atoms with Crippen LogP contribution in [0.25, 0.3) is 6.08 Å². The second-order valence-corrected chi connectivity index (χ2v) is 6.42. The first kappa shape index (κ1) is 21.9. The van der Waals surface area contributed by atoms with Gasteiger partial charge in [0, 0.05) is 29.9 Å². The van der Waals surface area contributed by atoms with Gasteiger partial charge >= 0.3 is 12.6 Å². The number of benzene rings is 2. The minimum atomic E-state index is -2.94. The maximum Gasteiger partial charge on any atom is 0.387 e. The number of hydrogen-bond acceptors (Lipinski definition) is 3. The predicted molar refractivity (Wildman–Crippen MR) is 108 cm³/mol. The highest BCUT2D eigenvalue weighted by atomic mass is 19.3. The Morgan fingerprint density at radius 3 is 2.41 bits per heavy atom. The molecule has 0 aliphatic heterocycles. The first-order chi connectivity index (χ1) is 13.8. The van der Waals surface area contributed by atoms with E-state index in [1.807, 2.05) is 13.8 Å². The topological polar surface area (TPSA) is 79.5 Å². The highest BCUT2D eigenvalue weighted by molar-refractivity contribution is 5.92. The third-order valence-electron chi connectivity index (χ3n) is 3.65. The standard InChI is InChI=1S/C21H23F2N3O3/c1-14(2)25-21(28)26-17-10-7-15(8-11-17)13-24-19(27)12-9-16-5-3-4-6-18(16)29-20(22)23/h3-12,14,20H,13H2,1-2H3,(H,24,27)(H2,25,26,28)/b12-9+. The number of halogens is 2. The molecule has 0 atom stereocenters. The van der Waals surface area contributed by atoms with E-state index in [9.17, 15) is 18.4 Å². The van der Waals surface area contributed by atoms with Crippen molar-refractivity contribution < 1.29 is 23.1 Å². The van der Waals surface area contributed by atoms with E-state index < -0.39 is 6.61 Å². The summed E-state index contributed by atoms with van der Waals surface area (Å²) in [6, 6.07) is 13.0. The minimum absolute atomic E-state index is 0.00357. The fraction of sp³-hybridized carbons (Fsp3) is 0.238. The quantitative estimate of drug-likeness (QED) is 0.580. The molecular weight excluding hydrogens is 380 g/mol. The van der Waals surface area contributed by atoms with Gasteiger partial charge in [-0.1, -0.05) is 30.3 Å². The molecule has 2 rings (SSSR count). The number of rotatable bonds is 8. The van der Waals surface area contributed by atoms with Crippen molar-refractivity contribution >= 4 is 23.7 Å². The lowest BCUT2D eigenvalue weighted by atomic mass is 10.2. The number of urea groups is 1. The molecule has 154 valence electrons. The van der Waals surface area contributed by atoms with Gasteiger partial charge in [0.15, 0.2) is 0 Å². The summed E-state index contributed by atoms with van der Waals surface area (Å²) < 4.78 is 29.2. The van der Waals surface area contributed by atoms with Crippen molar-refractivity contribution in [3.8, 4) is 5.75 Å². The van der Waals surface area contributed by atoms with Crippen molar-refractivity contribution in [2.24, 2.45) is 0 Å². The first-order valence-corrected chi connectivity index (χ1v) is 8.99. The van der Waals surface area contributed by atoms with Crippen LogP contribution in [0.5, 0.6) is 5.75 Å². The highest BCUT2D eigenvalue weighted by Crippen LogP contribution is 2.21. The molecule has 2 aromatic carbocycles. The largest absolute Gasteiger partial charge is 0.434 e. The van der Waals surface area contributed by atoms with Gasteiger partial charge in [0.25, 0.3) is 0 Å². The van der Waals surface area contributed by atoms with Gasteiger partial charge in [-0.2, -0.15) is 8.78 Å². The third kappa shape index (κ3) is 8.00. The van der Waals surface area contributed by atoms with Gasteiger partial charge < -0.3 is 20.7 Å². The molecule has 2 aromatic rings. The van der Waals surface area contributed by atoms with Crippen molar-refractivity contribution in [3.05, 3.63) is 65.7 Å². The van der Waals surface area contributed by atoms with Crippen molar-refractivity contribution in [2.45, 2.75) is 33.0 Å². The van der Waals surface area contributed by atoms with Crippen LogP contribution in [0, 0.1) is 0 Å². The smallest absolute Gasteiger partial charge is 0.387 e. The Balaban J connectivity index is 1.86. The molecule has 0 saturated heterocycles. The molecule has 0 unspecified atom stereocenters. The van der Waals surface area contributed by atoms with E-state index in [0.717, 1.165) is 5.56 Å². The molecule has 0 bridgehead atoms. The molecule has 29 heavy (non-hydrogen) atoms. The van der Waals surface area contributed by atoms with Crippen molar-refractivity contribution in [3.63, 3.8) is 0 Å². The number of nitrogens with one attached hydrogen (secondary N) is 3. The number of carbonyl (C=O) groups is 2. The fourth-order valence-electron chi connectivity index (χ4n) is 2.37. The van der Waals surface area contributed by atoms with Gasteiger partial charge in [-0.05, 0) is 43.7 Å². The summed E-state index contributed by atoms with van der Waals surface area (Å²) in [6.45, 7) is 1.07. The van der Waals surface area contributed by atoms with E-state index in [1.165, 1.54) is 18.2 Å². The molecule has 0 aliphatic rings. The average Bonchev–Trinajstić information content (AvgIpc) is 2.65. The summed E-state index contributed by atoms with van der Waals surface area (Å²) >= 11 is 0. The zero-order chi connectivity index (χ0) is 21.2. The Labute approximate surface area is 168 Å². The maximum atomic E-state index is 12.4. The lowest BCUT2D eigenvalue weighted by Gasteiger charge is -2.10. The summed E-state index contributed by atoms with van der Waals surface area (Å²) in [5.74, 6) is -0.383. The van der Waals surface area contributed by atoms with E-state index in [4.69, 9.17) is 0 Å². The van der Waals surface area contributed by atoms with Crippen LogP contribution < -0.4 is 20.7 Å². The van der Waals surface area contributed by atoms with Gasteiger partial charge in [0.1, 0.15) is 5.75 Å². The minimum Gasteiger partial charge on any atom is -0.434 e. The molecule has 0 aromatic heterocycles. The monoisotopic (exact) mass is 403 g/mol. The molecule has 0 aliphatic carbocycles. The Kier molecular flexibility index (Phi) is 8.14. The summed E-state index contributed by atoms with van der Waals surface area (Å²) in [4.78, 5) is 23.6. The van der Waals surface area contributed by atoms with Crippen molar-refractivity contribution in [1.29, 1.82) is 0 Å². The maximum absolute atomic E-state index is 12.4. The molecule has 0 saturated carbocycles. The van der Waals surface area contributed by atoms with Gasteiger partial charge in [0.2, 0.25) is 5.91 Å². The molecule has 0 spiro atoms. The van der Waals surface area contributed by atoms with E-state index in [2.05, 4.69) is 20.7 Å². The number of para-hydroxylation sites is 1. The predicted octanol–water partition coefficient (Wildman–Crippen LogP) is 4.15. The molecule has 0 fully saturated rings. The first-order valence-electron chi connectivity index (χ1n) is 8.99. The van der Waals surface area contributed by atoms with Crippen LogP contribution in [-0.2, 0) is 11.3 Å². The summed E-state index contributed by atoms with van der Waals surface area (Å²) in [5, 5.41) is 8.13. The van der Waals surface area contributed by atoms with E-state index in [-0.39, 0.29) is 30.3 Å². The summed E-state index contributed by atoms with van der Waals surface area (Å²) in [6.07, 6.45) is 2.66. The lowest BCUT2D eigenvalue weighted by molar-refractivity contribution is -0.116. The Hall–Kier alpha value is -3.42. The molecule has 3 N–H and O–H groups in total. The van der Waals surface area contributed by atoms with Crippen LogP contribution in [0.1, 0.15) is 25.0 Å². The normalized spacial score (nSPS) is 11.0. The van der Waals surface area contributed by atoms with Crippen LogP contribution in [-0.4, -0.2) is 24.6 Å². The van der Waals surface area contributed by atoms with Gasteiger partial charge in [0.05, 0.1) is 0 Å². The molecule has 3 amide bonds. The third-order valence-corrected chi connectivity index (χ3v) is 3.65. The van der Waals surface area contributed by atoms with Crippen LogP contribution >= 0.6 is 0 Å². The fourth-order valence-corrected chi connectivity index (χ4v) is 2.37. The molecule has 8 heteroatoms. The second kappa shape index (κ2) is 10.8. The number of anilines is 1. The van der Waals surface area contributed by atoms with Crippen molar-refractivity contribution in [1.82, 2.24) is 10.6 Å². The Morgan fingerprint density at radius 1 is 1.07 bits per heavy atom. The Bertz CT molecular complexity index is 853.